The summed E-state index contributed by atoms with van der Waals surface area (Å²) in [7, 11) is 1.57. The van der Waals surface area contributed by atoms with Crippen LogP contribution in [0.25, 0.3) is 0 Å². The van der Waals surface area contributed by atoms with Gasteiger partial charge in [0.15, 0.2) is 11.5 Å². The van der Waals surface area contributed by atoms with Gasteiger partial charge in [0.05, 0.1) is 19.8 Å². The van der Waals surface area contributed by atoms with E-state index >= 15 is 0 Å². The maximum absolute atomic E-state index is 12.2. The molecule has 1 saturated heterocycles. The van der Waals surface area contributed by atoms with Gasteiger partial charge in [0.25, 0.3) is 5.91 Å². The van der Waals surface area contributed by atoms with E-state index in [0.717, 1.165) is 19.6 Å². The van der Waals surface area contributed by atoms with Crippen molar-refractivity contribution in [3.63, 3.8) is 0 Å². The van der Waals surface area contributed by atoms with E-state index in [1.54, 1.807) is 25.3 Å². The highest BCUT2D eigenvalue weighted by molar-refractivity contribution is 5.94. The summed E-state index contributed by atoms with van der Waals surface area (Å²) in [4.78, 5) is 12.2. The van der Waals surface area contributed by atoms with E-state index in [-0.39, 0.29) is 12.0 Å². The zero-order valence-corrected chi connectivity index (χ0v) is 12.8. The van der Waals surface area contributed by atoms with E-state index in [9.17, 15) is 4.79 Å². The number of benzene rings is 1. The maximum Gasteiger partial charge on any atom is 0.251 e. The molecule has 0 saturated carbocycles. The number of carbonyl (C=O) groups excluding carboxylic acids is 1. The lowest BCUT2D eigenvalue weighted by Crippen LogP contribution is -2.29. The number of rotatable bonds is 6. The van der Waals surface area contributed by atoms with Gasteiger partial charge in [0.2, 0.25) is 0 Å². The van der Waals surface area contributed by atoms with Crippen molar-refractivity contribution in [1.29, 1.82) is 0 Å². The summed E-state index contributed by atoms with van der Waals surface area (Å²) in [5.74, 6) is 1.53. The molecule has 1 amide bonds. The molecule has 0 spiro atoms. The Morgan fingerprint density at radius 3 is 2.86 bits per heavy atom. The lowest BCUT2D eigenvalue weighted by Gasteiger charge is -2.15. The van der Waals surface area contributed by atoms with Crippen molar-refractivity contribution in [2.24, 2.45) is 5.92 Å². The molecule has 0 aromatic heterocycles. The summed E-state index contributed by atoms with van der Waals surface area (Å²) in [6.45, 7) is 6.05. The van der Waals surface area contributed by atoms with Crippen LogP contribution >= 0.6 is 0 Å². The molecule has 0 radical (unpaired) electrons. The van der Waals surface area contributed by atoms with Crippen LogP contribution in [0.15, 0.2) is 18.2 Å². The molecule has 5 nitrogen and oxygen atoms in total. The summed E-state index contributed by atoms with van der Waals surface area (Å²) < 4.78 is 16.2. The molecule has 1 aliphatic heterocycles. The average Bonchev–Trinajstić information content (AvgIpc) is 2.98. The predicted molar refractivity (Wildman–Crippen MR) is 80.0 cm³/mol. The van der Waals surface area contributed by atoms with Crippen LogP contribution in [0.3, 0.4) is 0 Å². The molecule has 1 heterocycles. The normalized spacial score (nSPS) is 17.8. The molecule has 21 heavy (non-hydrogen) atoms. The minimum absolute atomic E-state index is 0.0564. The standard InChI is InChI=1S/C16H23NO4/c1-11(2)21-14-5-4-13(8-15(14)19-3)16(18)17-9-12-6-7-20-10-12/h4-5,8,11-12H,6-7,9-10H2,1-3H3,(H,17,18). The van der Waals surface area contributed by atoms with Crippen molar-refractivity contribution < 1.29 is 19.0 Å². The van der Waals surface area contributed by atoms with Crippen LogP contribution in [0.5, 0.6) is 11.5 Å². The van der Waals surface area contributed by atoms with Crippen molar-refractivity contribution in [3.05, 3.63) is 23.8 Å². The summed E-state index contributed by atoms with van der Waals surface area (Å²) in [6.07, 6.45) is 1.06. The first-order chi connectivity index (χ1) is 10.1. The van der Waals surface area contributed by atoms with E-state index in [1.165, 1.54) is 0 Å². The molecule has 1 aliphatic rings. The number of amides is 1. The van der Waals surface area contributed by atoms with Gasteiger partial charge in [0.1, 0.15) is 0 Å². The topological polar surface area (TPSA) is 56.8 Å². The number of carbonyl (C=O) groups is 1. The first-order valence-corrected chi connectivity index (χ1v) is 7.30. The Labute approximate surface area is 125 Å². The van der Waals surface area contributed by atoms with E-state index in [4.69, 9.17) is 14.2 Å². The van der Waals surface area contributed by atoms with E-state index in [0.29, 0.717) is 29.5 Å². The highest BCUT2D eigenvalue weighted by Gasteiger charge is 2.17. The number of ether oxygens (including phenoxy) is 3. The molecule has 1 atom stereocenters. The summed E-state index contributed by atoms with van der Waals surface area (Å²) in [5, 5.41) is 2.94. The second-order valence-corrected chi connectivity index (χ2v) is 5.47. The molecule has 1 aromatic carbocycles. The molecule has 1 fully saturated rings. The second-order valence-electron chi connectivity index (χ2n) is 5.47. The third kappa shape index (κ3) is 4.36. The fraction of sp³-hybridized carbons (Fsp3) is 0.562. The molecule has 0 aliphatic carbocycles. The molecule has 2 rings (SSSR count). The van der Waals surface area contributed by atoms with Crippen LogP contribution in [0, 0.1) is 5.92 Å². The number of nitrogens with one attached hydrogen (secondary N) is 1. The van der Waals surface area contributed by atoms with Crippen LogP contribution < -0.4 is 14.8 Å². The molecular formula is C16H23NO4. The molecule has 0 bridgehead atoms. The number of methoxy groups -OCH3 is 1. The van der Waals surface area contributed by atoms with Crippen molar-refractivity contribution >= 4 is 5.91 Å². The van der Waals surface area contributed by atoms with Gasteiger partial charge in [-0.2, -0.15) is 0 Å². The average molecular weight is 293 g/mol. The van der Waals surface area contributed by atoms with E-state index < -0.39 is 0 Å². The lowest BCUT2D eigenvalue weighted by molar-refractivity contribution is 0.0944. The highest BCUT2D eigenvalue weighted by Crippen LogP contribution is 2.29. The Morgan fingerprint density at radius 1 is 1.43 bits per heavy atom. The first-order valence-electron chi connectivity index (χ1n) is 7.30. The largest absolute Gasteiger partial charge is 0.493 e. The van der Waals surface area contributed by atoms with Gasteiger partial charge in [-0.15, -0.1) is 0 Å². The Hall–Kier alpha value is -1.75. The first kappa shape index (κ1) is 15.6. The third-order valence-corrected chi connectivity index (χ3v) is 3.36. The Bertz CT molecular complexity index is 481. The Kier molecular flexibility index (Phi) is 5.44. The number of hydrogen-bond acceptors (Lipinski definition) is 4. The Morgan fingerprint density at radius 2 is 2.24 bits per heavy atom. The minimum atomic E-state index is -0.101. The van der Waals surface area contributed by atoms with Crippen molar-refractivity contribution in [2.45, 2.75) is 26.4 Å². The fourth-order valence-corrected chi connectivity index (χ4v) is 2.24. The summed E-state index contributed by atoms with van der Waals surface area (Å²) >= 11 is 0. The molecule has 5 heteroatoms. The monoisotopic (exact) mass is 293 g/mol. The van der Waals surface area contributed by atoms with Crippen molar-refractivity contribution in [3.8, 4) is 11.5 Å². The molecule has 1 aromatic rings. The van der Waals surface area contributed by atoms with Gasteiger partial charge in [-0.25, -0.2) is 0 Å². The zero-order valence-electron chi connectivity index (χ0n) is 12.8. The second kappa shape index (κ2) is 7.31. The van der Waals surface area contributed by atoms with Crippen LogP contribution in [0.2, 0.25) is 0 Å². The predicted octanol–water partition coefficient (Wildman–Crippen LogP) is 2.25. The quantitative estimate of drug-likeness (QED) is 0.874. The van der Waals surface area contributed by atoms with E-state index in [1.807, 2.05) is 13.8 Å². The molecule has 1 unspecified atom stereocenters. The molecule has 116 valence electrons. The lowest BCUT2D eigenvalue weighted by atomic mass is 10.1. The van der Waals surface area contributed by atoms with Crippen LogP contribution in [-0.2, 0) is 4.74 Å². The summed E-state index contributed by atoms with van der Waals surface area (Å²) in [5.41, 5.74) is 0.571. The van der Waals surface area contributed by atoms with Gasteiger partial charge in [-0.3, -0.25) is 4.79 Å². The Balaban J connectivity index is 1.99. The van der Waals surface area contributed by atoms with Crippen LogP contribution in [0.4, 0.5) is 0 Å². The molecule has 1 N–H and O–H groups in total. The highest BCUT2D eigenvalue weighted by atomic mass is 16.5. The fourth-order valence-electron chi connectivity index (χ4n) is 2.24. The van der Waals surface area contributed by atoms with Crippen molar-refractivity contribution in [1.82, 2.24) is 5.32 Å². The third-order valence-electron chi connectivity index (χ3n) is 3.36. The zero-order chi connectivity index (χ0) is 15.2. The van der Waals surface area contributed by atoms with Crippen LogP contribution in [0.1, 0.15) is 30.6 Å². The van der Waals surface area contributed by atoms with Gasteiger partial charge < -0.3 is 19.5 Å². The van der Waals surface area contributed by atoms with Gasteiger partial charge in [0, 0.05) is 24.6 Å². The van der Waals surface area contributed by atoms with Crippen LogP contribution in [-0.4, -0.2) is 38.9 Å². The number of hydrogen-bond donors (Lipinski definition) is 1. The SMILES string of the molecule is COc1cc(C(=O)NCC2CCOC2)ccc1OC(C)C. The van der Waals surface area contributed by atoms with Gasteiger partial charge in [-0.1, -0.05) is 0 Å². The van der Waals surface area contributed by atoms with Gasteiger partial charge in [-0.05, 0) is 38.5 Å². The van der Waals surface area contributed by atoms with E-state index in [2.05, 4.69) is 5.32 Å². The summed E-state index contributed by atoms with van der Waals surface area (Å²) in [6, 6.07) is 5.23. The maximum atomic E-state index is 12.2. The smallest absolute Gasteiger partial charge is 0.251 e. The molecular weight excluding hydrogens is 270 g/mol. The van der Waals surface area contributed by atoms with Crippen molar-refractivity contribution in [2.75, 3.05) is 26.9 Å². The van der Waals surface area contributed by atoms with Gasteiger partial charge >= 0.3 is 0 Å². The minimum Gasteiger partial charge on any atom is -0.493 e.